The van der Waals surface area contributed by atoms with Crippen LogP contribution in [-0.2, 0) is 16.6 Å². The lowest BCUT2D eigenvalue weighted by Crippen LogP contribution is -2.40. The topological polar surface area (TPSA) is 96.9 Å². The first kappa shape index (κ1) is 29.0. The second-order valence-corrected chi connectivity index (χ2v) is 12.9. The first-order valence-electron chi connectivity index (χ1n) is 12.4. The van der Waals surface area contributed by atoms with E-state index in [4.69, 9.17) is 9.47 Å². The van der Waals surface area contributed by atoms with Crippen LogP contribution in [0.25, 0.3) is 0 Å². The van der Waals surface area contributed by atoms with Crippen molar-refractivity contribution in [3.05, 3.63) is 53.4 Å². The summed E-state index contributed by atoms with van der Waals surface area (Å²) in [6.07, 6.45) is 1.98. The second-order valence-electron chi connectivity index (χ2n) is 10.3. The summed E-state index contributed by atoms with van der Waals surface area (Å²) in [5, 5.41) is 3.17. The molecule has 1 aromatic heterocycles. The zero-order valence-corrected chi connectivity index (χ0v) is 24.4. The third-order valence-electron chi connectivity index (χ3n) is 6.84. The van der Waals surface area contributed by atoms with Crippen LogP contribution in [0.5, 0.6) is 11.5 Å². The monoisotopic (exact) mass is 581 g/mol. The van der Waals surface area contributed by atoms with Crippen molar-refractivity contribution >= 4 is 32.4 Å². The Balaban J connectivity index is 1.70. The van der Waals surface area contributed by atoms with Crippen LogP contribution < -0.4 is 19.1 Å². The van der Waals surface area contributed by atoms with E-state index in [0.29, 0.717) is 23.6 Å². The van der Waals surface area contributed by atoms with Gasteiger partial charge in [-0.25, -0.2) is 26.5 Å². The van der Waals surface area contributed by atoms with E-state index in [2.05, 4.69) is 40.3 Å². The van der Waals surface area contributed by atoms with Gasteiger partial charge in [0.2, 0.25) is 5.13 Å². The fraction of sp³-hybridized carbons (Fsp3) is 0.462. The van der Waals surface area contributed by atoms with Gasteiger partial charge in [-0.15, -0.1) is 0 Å². The highest BCUT2D eigenvalue weighted by atomic mass is 32.2. The molecule has 1 aliphatic rings. The molecule has 3 aromatic rings. The summed E-state index contributed by atoms with van der Waals surface area (Å²) >= 11 is 0.794. The van der Waals surface area contributed by atoms with Gasteiger partial charge in [0, 0.05) is 59.1 Å². The lowest BCUT2D eigenvalue weighted by molar-refractivity contribution is 0.174. The Morgan fingerprint density at radius 1 is 1.21 bits per heavy atom. The van der Waals surface area contributed by atoms with Gasteiger partial charge in [0.1, 0.15) is 23.6 Å². The molecule has 9 nitrogen and oxygen atoms in total. The Labute approximate surface area is 232 Å². The van der Waals surface area contributed by atoms with Crippen LogP contribution >= 0.6 is 11.5 Å². The fourth-order valence-corrected chi connectivity index (χ4v) is 6.87. The number of anilines is 2. The van der Waals surface area contributed by atoms with Crippen LogP contribution in [-0.4, -0.2) is 61.6 Å². The molecular weight excluding hydrogens is 548 g/mol. The number of benzene rings is 2. The maximum atomic E-state index is 15.8. The highest BCUT2D eigenvalue weighted by Crippen LogP contribution is 2.36. The number of hydrogen-bond acceptors (Lipinski definition) is 9. The summed E-state index contributed by atoms with van der Waals surface area (Å²) in [4.78, 5) is 5.26. The van der Waals surface area contributed by atoms with Gasteiger partial charge >= 0.3 is 0 Å². The molecule has 212 valence electrons. The number of hydrogen-bond donors (Lipinski definition) is 1. The van der Waals surface area contributed by atoms with Crippen molar-refractivity contribution in [2.75, 3.05) is 36.9 Å². The highest BCUT2D eigenvalue weighted by molar-refractivity contribution is 7.93. The molecule has 4 rings (SSSR count). The molecule has 1 aliphatic heterocycles. The molecule has 0 amide bonds. The molecule has 2 aromatic carbocycles. The zero-order chi connectivity index (χ0) is 28.5. The van der Waals surface area contributed by atoms with Crippen LogP contribution in [0, 0.1) is 18.6 Å². The van der Waals surface area contributed by atoms with E-state index in [9.17, 15) is 8.42 Å². The average molecular weight is 582 g/mol. The van der Waals surface area contributed by atoms with Crippen molar-refractivity contribution in [3.8, 4) is 11.5 Å². The van der Waals surface area contributed by atoms with Crippen molar-refractivity contribution in [1.82, 2.24) is 14.3 Å². The number of likely N-dealkylation sites (tertiary alicyclic amines) is 1. The summed E-state index contributed by atoms with van der Waals surface area (Å²) in [5.41, 5.74) is 0.658. The maximum absolute atomic E-state index is 15.8. The number of methoxy groups -OCH3 is 2. The van der Waals surface area contributed by atoms with Crippen molar-refractivity contribution in [2.24, 2.45) is 0 Å². The third kappa shape index (κ3) is 5.94. The lowest BCUT2D eigenvalue weighted by Gasteiger charge is -2.31. The molecule has 1 fully saturated rings. The van der Waals surface area contributed by atoms with Gasteiger partial charge in [0.15, 0.2) is 10.7 Å². The standard InChI is InChI=1S/C26H33F2N5O4S2/c1-16-21(31-18-9-10-32(14-18)26(2,3)4)12-20(27)24(23(16)28)39(34,35)33(25-29-15-30-38-25)13-17-7-8-19(36-5)11-22(17)37-6/h7-8,11-12,15,18,31H,9-10,13-14H2,1-6H3/t18-/m0/s1. The van der Waals surface area contributed by atoms with Crippen molar-refractivity contribution < 1.29 is 26.7 Å². The minimum absolute atomic E-state index is 0.0171. The van der Waals surface area contributed by atoms with E-state index < -0.39 is 26.6 Å². The number of halogens is 2. The minimum atomic E-state index is -4.75. The zero-order valence-electron chi connectivity index (χ0n) is 22.8. The Morgan fingerprint density at radius 2 is 1.95 bits per heavy atom. The molecule has 13 heteroatoms. The molecule has 1 saturated heterocycles. The van der Waals surface area contributed by atoms with Crippen LogP contribution in [0.2, 0.25) is 0 Å². The summed E-state index contributed by atoms with van der Waals surface area (Å²) < 4.78 is 74.4. The lowest BCUT2D eigenvalue weighted by atomic mass is 10.1. The quantitative estimate of drug-likeness (QED) is 0.384. The number of aromatic nitrogens is 2. The molecule has 1 N–H and O–H groups in total. The minimum Gasteiger partial charge on any atom is -0.497 e. The molecule has 1 atom stereocenters. The number of sulfonamides is 1. The number of rotatable bonds is 9. The molecule has 0 spiro atoms. The Hall–Kier alpha value is -3.03. The summed E-state index contributed by atoms with van der Waals surface area (Å²) in [6, 6.07) is 5.88. The molecular formula is C26H33F2N5O4S2. The smallest absolute Gasteiger partial charge is 0.272 e. The molecule has 0 aliphatic carbocycles. The number of nitrogens with zero attached hydrogens (tertiary/aromatic N) is 4. The van der Waals surface area contributed by atoms with E-state index in [1.807, 2.05) is 0 Å². The Kier molecular flexibility index (Phi) is 8.33. The summed E-state index contributed by atoms with van der Waals surface area (Å²) in [6.45, 7) is 9.05. The molecule has 0 radical (unpaired) electrons. The van der Waals surface area contributed by atoms with Crippen LogP contribution in [0.15, 0.2) is 35.5 Å². The highest BCUT2D eigenvalue weighted by Gasteiger charge is 2.36. The average Bonchev–Trinajstić information content (AvgIpc) is 3.58. The molecule has 39 heavy (non-hydrogen) atoms. The van der Waals surface area contributed by atoms with E-state index in [0.717, 1.165) is 34.9 Å². The van der Waals surface area contributed by atoms with Crippen molar-refractivity contribution in [1.29, 1.82) is 0 Å². The van der Waals surface area contributed by atoms with Gasteiger partial charge in [-0.05, 0) is 52.3 Å². The Bertz CT molecular complexity index is 1430. The molecule has 0 bridgehead atoms. The van der Waals surface area contributed by atoms with Crippen molar-refractivity contribution in [3.63, 3.8) is 0 Å². The molecule has 0 saturated carbocycles. The van der Waals surface area contributed by atoms with E-state index in [1.165, 1.54) is 27.5 Å². The predicted molar refractivity (Wildman–Crippen MR) is 147 cm³/mol. The summed E-state index contributed by atoms with van der Waals surface area (Å²) in [7, 11) is -1.83. The SMILES string of the molecule is COc1ccc(CN(c2ncns2)S(=O)(=O)c2c(F)cc(N[C@H]3CCN(C(C)(C)C)C3)c(C)c2F)c(OC)c1. The molecule has 0 unspecified atom stereocenters. The van der Waals surface area contributed by atoms with Gasteiger partial charge in [-0.2, -0.15) is 4.37 Å². The van der Waals surface area contributed by atoms with Crippen LogP contribution in [0.4, 0.5) is 19.6 Å². The first-order chi connectivity index (χ1) is 18.4. The predicted octanol–water partition coefficient (Wildman–Crippen LogP) is 4.82. The molecule has 2 heterocycles. The normalized spacial score (nSPS) is 16.4. The number of nitrogens with one attached hydrogen (secondary N) is 1. The van der Waals surface area contributed by atoms with Gasteiger partial charge in [-0.1, -0.05) is 0 Å². The van der Waals surface area contributed by atoms with Gasteiger partial charge in [0.05, 0.1) is 20.8 Å². The fourth-order valence-electron chi connectivity index (χ4n) is 4.57. The maximum Gasteiger partial charge on any atom is 0.272 e. The van der Waals surface area contributed by atoms with Gasteiger partial charge < -0.3 is 14.8 Å². The van der Waals surface area contributed by atoms with Crippen molar-refractivity contribution in [2.45, 2.75) is 57.1 Å². The van der Waals surface area contributed by atoms with Gasteiger partial charge in [0.25, 0.3) is 10.0 Å². The number of ether oxygens (including phenoxy) is 2. The second kappa shape index (κ2) is 11.2. The largest absolute Gasteiger partial charge is 0.497 e. The van der Waals surface area contributed by atoms with Crippen LogP contribution in [0.3, 0.4) is 0 Å². The summed E-state index contributed by atoms with van der Waals surface area (Å²) in [5.74, 6) is -1.50. The van der Waals surface area contributed by atoms with E-state index in [-0.39, 0.29) is 34.5 Å². The third-order valence-corrected chi connectivity index (χ3v) is 9.41. The van der Waals surface area contributed by atoms with E-state index >= 15 is 8.78 Å². The first-order valence-corrected chi connectivity index (χ1v) is 14.6. The van der Waals surface area contributed by atoms with Crippen LogP contribution in [0.1, 0.15) is 38.3 Å². The van der Waals surface area contributed by atoms with Gasteiger partial charge in [-0.3, -0.25) is 4.90 Å². The Morgan fingerprint density at radius 3 is 2.54 bits per heavy atom. The van der Waals surface area contributed by atoms with E-state index in [1.54, 1.807) is 18.2 Å².